The summed E-state index contributed by atoms with van der Waals surface area (Å²) in [5.74, 6) is -0.189. The molecule has 2 aromatic heterocycles. The number of aliphatic imine (C=N–C) groups is 1. The maximum absolute atomic E-state index is 12.1. The standard InChI is InChI=1S/C19H17N5O2S/c1-13(2)24-11-18(26-23-24)22-17(25)12-27-19-15(10-20)8-9-16(21-19)14-6-4-3-5-7-14/h3-9,11,13H,12H2,1-2H3. The van der Waals surface area contributed by atoms with Crippen molar-refractivity contribution in [1.29, 1.82) is 5.26 Å². The first-order valence-electron chi connectivity index (χ1n) is 8.29. The molecule has 2 heterocycles. The highest BCUT2D eigenvalue weighted by molar-refractivity contribution is 7.99. The average Bonchev–Trinajstić information content (AvgIpc) is 3.15. The van der Waals surface area contributed by atoms with Crippen molar-refractivity contribution >= 4 is 23.5 Å². The Balaban J connectivity index is 1.76. The fourth-order valence-electron chi connectivity index (χ4n) is 2.23. The predicted molar refractivity (Wildman–Crippen MR) is 99.3 cm³/mol. The molecule has 0 saturated heterocycles. The van der Waals surface area contributed by atoms with Crippen LogP contribution in [0.15, 0.2) is 63.2 Å². The van der Waals surface area contributed by atoms with Crippen molar-refractivity contribution in [3.63, 3.8) is 0 Å². The van der Waals surface area contributed by atoms with E-state index < -0.39 is 0 Å². The Labute approximate surface area is 161 Å². The summed E-state index contributed by atoms with van der Waals surface area (Å²) in [5.41, 5.74) is 2.11. The van der Waals surface area contributed by atoms with Gasteiger partial charge in [-0.05, 0) is 36.6 Å². The molecule has 0 unspecified atom stereocenters. The van der Waals surface area contributed by atoms with Gasteiger partial charge < -0.3 is 5.11 Å². The highest BCUT2D eigenvalue weighted by Crippen LogP contribution is 2.25. The number of rotatable bonds is 6. The molecule has 8 heteroatoms. The van der Waals surface area contributed by atoms with Gasteiger partial charge in [-0.3, -0.25) is 4.52 Å². The molecule has 27 heavy (non-hydrogen) atoms. The highest BCUT2D eigenvalue weighted by atomic mass is 32.2. The van der Waals surface area contributed by atoms with Crippen LogP contribution in [0.25, 0.3) is 11.3 Å². The highest BCUT2D eigenvalue weighted by Gasteiger charge is 2.14. The van der Waals surface area contributed by atoms with Gasteiger partial charge in [0.2, 0.25) is 5.27 Å². The average molecular weight is 379 g/mol. The first-order chi connectivity index (χ1) is 13.1. The van der Waals surface area contributed by atoms with Crippen LogP contribution in [0.5, 0.6) is 0 Å². The van der Waals surface area contributed by atoms with E-state index in [2.05, 4.69) is 21.3 Å². The van der Waals surface area contributed by atoms with Gasteiger partial charge in [-0.2, -0.15) is 5.26 Å². The van der Waals surface area contributed by atoms with Gasteiger partial charge in [-0.1, -0.05) is 42.1 Å². The van der Waals surface area contributed by atoms with Crippen LogP contribution in [-0.4, -0.2) is 21.9 Å². The van der Waals surface area contributed by atoms with E-state index in [-0.39, 0.29) is 23.6 Å². The summed E-state index contributed by atoms with van der Waals surface area (Å²) in [4.78, 5) is 8.42. The molecular weight excluding hydrogens is 362 g/mol. The van der Waals surface area contributed by atoms with Crippen molar-refractivity contribution in [1.82, 2.24) is 10.3 Å². The van der Waals surface area contributed by atoms with Crippen molar-refractivity contribution < 1.29 is 14.3 Å². The fraction of sp³-hybridized carbons (Fsp3) is 0.211. The second kappa shape index (κ2) is 8.47. The minimum atomic E-state index is -0.386. The number of benzene rings is 1. The number of pyridine rings is 1. The number of thioether (sulfide) groups is 1. The molecule has 0 spiro atoms. The zero-order valence-corrected chi connectivity index (χ0v) is 15.7. The van der Waals surface area contributed by atoms with E-state index in [9.17, 15) is 10.4 Å². The molecule has 0 bridgehead atoms. The molecule has 3 rings (SSSR count). The van der Waals surface area contributed by atoms with Crippen LogP contribution in [0.3, 0.4) is 0 Å². The van der Waals surface area contributed by atoms with Gasteiger partial charge in [0, 0.05) is 11.3 Å². The molecule has 0 amide bonds. The Morgan fingerprint density at radius 3 is 2.74 bits per heavy atom. The third-order valence-electron chi connectivity index (χ3n) is 3.62. The lowest BCUT2D eigenvalue weighted by molar-refractivity contribution is -0.779. The summed E-state index contributed by atoms with van der Waals surface area (Å²) in [6.45, 7) is 3.89. The Kier molecular flexibility index (Phi) is 5.84. The summed E-state index contributed by atoms with van der Waals surface area (Å²) in [6, 6.07) is 15.4. The van der Waals surface area contributed by atoms with E-state index in [1.807, 2.05) is 44.2 Å². The normalized spacial score (nSPS) is 11.6. The van der Waals surface area contributed by atoms with Crippen molar-refractivity contribution in [2.75, 3.05) is 5.75 Å². The molecule has 0 aliphatic carbocycles. The van der Waals surface area contributed by atoms with E-state index >= 15 is 0 Å². The first kappa shape index (κ1) is 18.6. The molecule has 0 aliphatic heterocycles. The lowest BCUT2D eigenvalue weighted by Crippen LogP contribution is -2.36. The second-order valence-electron chi connectivity index (χ2n) is 5.94. The molecule has 136 valence electrons. The number of hydrogen-bond acceptors (Lipinski definition) is 7. The summed E-state index contributed by atoms with van der Waals surface area (Å²) >= 11 is 1.18. The Bertz CT molecular complexity index is 993. The van der Waals surface area contributed by atoms with E-state index in [0.29, 0.717) is 10.6 Å². The van der Waals surface area contributed by atoms with Gasteiger partial charge >= 0.3 is 5.88 Å². The summed E-state index contributed by atoms with van der Waals surface area (Å²) in [6.07, 6.45) is 1.57. The quantitative estimate of drug-likeness (QED) is 0.282. The summed E-state index contributed by atoms with van der Waals surface area (Å²) in [5, 5.41) is 25.7. The largest absolute Gasteiger partial charge is 0.861 e. The van der Waals surface area contributed by atoms with Crippen LogP contribution in [0.1, 0.15) is 25.5 Å². The van der Waals surface area contributed by atoms with E-state index in [1.54, 1.807) is 23.0 Å². The Hall–Kier alpha value is -3.18. The molecule has 0 N–H and O–H groups in total. The Morgan fingerprint density at radius 1 is 1.30 bits per heavy atom. The lowest BCUT2D eigenvalue weighted by atomic mass is 10.1. The smallest absolute Gasteiger partial charge is 0.320 e. The molecule has 0 aliphatic rings. The van der Waals surface area contributed by atoms with Crippen LogP contribution in [0.2, 0.25) is 0 Å². The molecule has 7 nitrogen and oxygen atoms in total. The first-order valence-corrected chi connectivity index (χ1v) is 9.27. The van der Waals surface area contributed by atoms with Gasteiger partial charge in [0.25, 0.3) is 6.20 Å². The molecule has 1 aromatic carbocycles. The van der Waals surface area contributed by atoms with Crippen LogP contribution < -0.4 is 9.79 Å². The van der Waals surface area contributed by atoms with Gasteiger partial charge in [0.1, 0.15) is 11.1 Å². The maximum atomic E-state index is 12.1. The predicted octanol–water partition coefficient (Wildman–Crippen LogP) is 2.66. The van der Waals surface area contributed by atoms with Crippen molar-refractivity contribution in [2.45, 2.75) is 24.9 Å². The third kappa shape index (κ3) is 4.71. The maximum Gasteiger partial charge on any atom is 0.320 e. The molecule has 0 fully saturated rings. The van der Waals surface area contributed by atoms with Crippen molar-refractivity contribution in [3.8, 4) is 17.3 Å². The number of hydrogen-bond donors (Lipinski definition) is 0. The van der Waals surface area contributed by atoms with Crippen LogP contribution in [-0.2, 0) is 0 Å². The number of nitrogens with zero attached hydrogens (tertiary/aromatic N) is 5. The zero-order valence-electron chi connectivity index (χ0n) is 14.9. The lowest BCUT2D eigenvalue weighted by Gasteiger charge is -2.10. The molecule has 0 atom stereocenters. The van der Waals surface area contributed by atoms with Crippen molar-refractivity contribution in [3.05, 3.63) is 54.2 Å². The van der Waals surface area contributed by atoms with Gasteiger partial charge in [-0.25, -0.2) is 9.98 Å². The minimum absolute atomic E-state index is 0.0439. The van der Waals surface area contributed by atoms with E-state index in [1.165, 1.54) is 11.8 Å². The van der Waals surface area contributed by atoms with Crippen LogP contribution in [0.4, 0.5) is 5.88 Å². The number of aromatic nitrogens is 3. The van der Waals surface area contributed by atoms with Gasteiger partial charge in [0.15, 0.2) is 6.04 Å². The van der Waals surface area contributed by atoms with E-state index in [0.717, 1.165) is 11.3 Å². The second-order valence-corrected chi connectivity index (χ2v) is 6.90. The topological polar surface area (TPSA) is 102 Å². The SMILES string of the molecule is CC(C)[n+]1cc(/N=C(\[O-])CSc2nc(-c3ccccc3)ccc2C#N)on1. The molecule has 3 aromatic rings. The van der Waals surface area contributed by atoms with Gasteiger partial charge in [-0.15, -0.1) is 0 Å². The number of nitriles is 1. The monoisotopic (exact) mass is 379 g/mol. The molecule has 0 saturated carbocycles. The summed E-state index contributed by atoms with van der Waals surface area (Å²) < 4.78 is 6.60. The zero-order chi connectivity index (χ0) is 19.2. The Morgan fingerprint density at radius 2 is 2.07 bits per heavy atom. The minimum Gasteiger partial charge on any atom is -0.861 e. The van der Waals surface area contributed by atoms with Crippen LogP contribution >= 0.6 is 11.8 Å². The van der Waals surface area contributed by atoms with Crippen molar-refractivity contribution in [2.24, 2.45) is 4.99 Å². The molecule has 0 radical (unpaired) electrons. The van der Waals surface area contributed by atoms with E-state index in [4.69, 9.17) is 4.52 Å². The summed E-state index contributed by atoms with van der Waals surface area (Å²) in [7, 11) is 0. The van der Waals surface area contributed by atoms with Crippen LogP contribution in [0, 0.1) is 11.3 Å². The third-order valence-corrected chi connectivity index (χ3v) is 4.59. The fourth-order valence-corrected chi connectivity index (χ4v) is 2.99. The van der Waals surface area contributed by atoms with Gasteiger partial charge in [0.05, 0.1) is 11.3 Å². The molecular formula is C19H17N5O2S.